The molecule has 1 heterocycles. The molecule has 36 heavy (non-hydrogen) atoms. The van der Waals surface area contributed by atoms with Crippen molar-refractivity contribution >= 4 is 53.5 Å². The minimum atomic E-state index is -0.870. The number of carbonyl (C=O) groups excluding carboxylic acids is 3. The van der Waals surface area contributed by atoms with Crippen molar-refractivity contribution in [2.24, 2.45) is 5.22 Å². The summed E-state index contributed by atoms with van der Waals surface area (Å²) in [4.78, 5) is 40.2. The van der Waals surface area contributed by atoms with Crippen molar-refractivity contribution in [2.75, 3.05) is 36.6 Å². The van der Waals surface area contributed by atoms with Gasteiger partial charge in [-0.3, -0.25) is 19.9 Å². The lowest BCUT2D eigenvalue weighted by atomic mass is 10.1. The van der Waals surface area contributed by atoms with Crippen molar-refractivity contribution in [1.82, 2.24) is 10.2 Å². The van der Waals surface area contributed by atoms with Gasteiger partial charge in [-0.05, 0) is 49.4 Å². The van der Waals surface area contributed by atoms with E-state index in [1.807, 2.05) is 24.1 Å². The van der Waals surface area contributed by atoms with Gasteiger partial charge in [-0.2, -0.15) is 5.53 Å². The molecule has 0 aromatic heterocycles. The molecule has 0 saturated carbocycles. The van der Waals surface area contributed by atoms with Gasteiger partial charge in [0.15, 0.2) is 5.82 Å². The van der Waals surface area contributed by atoms with E-state index in [-0.39, 0.29) is 28.6 Å². The molecule has 1 saturated heterocycles. The Bertz CT molecular complexity index is 1200. The van der Waals surface area contributed by atoms with Gasteiger partial charge in [-0.15, -0.1) is 0 Å². The summed E-state index contributed by atoms with van der Waals surface area (Å²) in [6.07, 6.45) is 3.66. The molecule has 0 aliphatic carbocycles. The van der Waals surface area contributed by atoms with Gasteiger partial charge in [0.25, 0.3) is 0 Å². The minimum Gasteiger partial charge on any atom is -0.343 e. The summed E-state index contributed by atoms with van der Waals surface area (Å²) in [7, 11) is 1.88. The Morgan fingerprint density at radius 1 is 1.33 bits per heavy atom. The van der Waals surface area contributed by atoms with Gasteiger partial charge in [0.05, 0.1) is 23.3 Å². The first kappa shape index (κ1) is 26.6. The van der Waals surface area contributed by atoms with E-state index >= 15 is 0 Å². The van der Waals surface area contributed by atoms with Gasteiger partial charge in [0.1, 0.15) is 12.6 Å². The van der Waals surface area contributed by atoms with Gasteiger partial charge in [-0.25, -0.2) is 9.40 Å². The van der Waals surface area contributed by atoms with Crippen LogP contribution in [0.3, 0.4) is 0 Å². The number of anilines is 2. The lowest BCUT2D eigenvalue weighted by molar-refractivity contribution is -0.121. The van der Waals surface area contributed by atoms with E-state index in [4.69, 9.17) is 22.5 Å². The number of halogens is 2. The predicted octanol–water partition coefficient (Wildman–Crippen LogP) is 3.06. The average Bonchev–Trinajstić information content (AvgIpc) is 2.86. The van der Waals surface area contributed by atoms with Crippen LogP contribution in [0.4, 0.5) is 15.8 Å². The van der Waals surface area contributed by atoms with Crippen molar-refractivity contribution < 1.29 is 18.8 Å². The SMILES string of the molecule is CN1CCN(c2cccc(CC(C=O)NC(=O)/C=C/c3c(N(C=N)N=N)ccc(Cl)c3F)c2)C(=O)C1. The number of hydrogen-bond acceptors (Lipinski definition) is 7. The molecule has 12 heteroatoms. The number of rotatable bonds is 10. The summed E-state index contributed by atoms with van der Waals surface area (Å²) in [6, 6.07) is 8.96. The van der Waals surface area contributed by atoms with Gasteiger partial charge in [0, 0.05) is 30.4 Å². The standard InChI is InChI=1S/C24H25ClFN7O3/c1-31-9-10-32(23(36)13-31)18-4-2-3-16(12-18)11-17(14-34)29-22(35)8-5-19-21(33(15-27)30-28)7-6-20(25)24(19)26/h2-8,12,14-15,17,27-28H,9-11,13H2,1H3,(H,29,35)/b8-5+,27-15?,30-28?. The molecule has 0 bridgehead atoms. The van der Waals surface area contributed by atoms with E-state index in [1.165, 1.54) is 12.1 Å². The summed E-state index contributed by atoms with van der Waals surface area (Å²) in [5, 5.41) is 13.6. The van der Waals surface area contributed by atoms with E-state index < -0.39 is 17.8 Å². The molecule has 1 atom stereocenters. The Morgan fingerprint density at radius 2 is 2.11 bits per heavy atom. The zero-order chi connectivity index (χ0) is 26.2. The molecule has 188 valence electrons. The van der Waals surface area contributed by atoms with E-state index in [0.717, 1.165) is 35.0 Å². The molecule has 2 amide bonds. The fourth-order valence-electron chi connectivity index (χ4n) is 3.76. The van der Waals surface area contributed by atoms with Crippen molar-refractivity contribution in [1.29, 1.82) is 10.9 Å². The molecule has 2 aromatic carbocycles. The number of carbonyl (C=O) groups is 3. The second-order valence-electron chi connectivity index (χ2n) is 8.11. The first-order valence-electron chi connectivity index (χ1n) is 10.9. The van der Waals surface area contributed by atoms with Crippen LogP contribution >= 0.6 is 11.6 Å². The van der Waals surface area contributed by atoms with Crippen molar-refractivity contribution in [3.8, 4) is 0 Å². The number of piperazine rings is 1. The molecule has 3 N–H and O–H groups in total. The Morgan fingerprint density at radius 3 is 2.78 bits per heavy atom. The number of aldehydes is 1. The number of hydrogen-bond donors (Lipinski definition) is 3. The van der Waals surface area contributed by atoms with Crippen LogP contribution < -0.4 is 15.2 Å². The number of nitrogens with one attached hydrogen (secondary N) is 3. The van der Waals surface area contributed by atoms with Crippen LogP contribution in [0.2, 0.25) is 5.02 Å². The average molecular weight is 514 g/mol. The van der Waals surface area contributed by atoms with Crippen LogP contribution in [0.15, 0.2) is 47.7 Å². The number of benzene rings is 2. The highest BCUT2D eigenvalue weighted by Crippen LogP contribution is 2.29. The highest BCUT2D eigenvalue weighted by atomic mass is 35.5. The zero-order valence-corrected chi connectivity index (χ0v) is 20.2. The fourth-order valence-corrected chi connectivity index (χ4v) is 3.92. The third kappa shape index (κ3) is 6.37. The number of amides is 2. The van der Waals surface area contributed by atoms with E-state index in [2.05, 4.69) is 10.5 Å². The quantitative estimate of drug-likeness (QED) is 0.112. The molecular weight excluding hydrogens is 489 g/mol. The molecule has 1 aliphatic rings. The first-order valence-corrected chi connectivity index (χ1v) is 11.3. The van der Waals surface area contributed by atoms with Crippen LogP contribution in [-0.4, -0.2) is 62.1 Å². The zero-order valence-electron chi connectivity index (χ0n) is 19.4. The summed E-state index contributed by atoms with van der Waals surface area (Å²) in [5.41, 5.74) is 8.50. The molecule has 0 spiro atoms. The Labute approximate surface area is 212 Å². The fraction of sp³-hybridized carbons (Fsp3) is 0.250. The first-order chi connectivity index (χ1) is 17.3. The Hall–Kier alpha value is -3.96. The second kappa shape index (κ2) is 12.1. The predicted molar refractivity (Wildman–Crippen MR) is 135 cm³/mol. The second-order valence-corrected chi connectivity index (χ2v) is 8.52. The molecule has 2 aromatic rings. The molecule has 0 radical (unpaired) electrons. The van der Waals surface area contributed by atoms with E-state index in [0.29, 0.717) is 25.7 Å². The monoisotopic (exact) mass is 513 g/mol. The van der Waals surface area contributed by atoms with Crippen molar-refractivity contribution in [3.05, 3.63) is 64.4 Å². The van der Waals surface area contributed by atoms with Crippen LogP contribution in [0.1, 0.15) is 11.1 Å². The molecule has 1 aliphatic heterocycles. The summed E-state index contributed by atoms with van der Waals surface area (Å²) < 4.78 is 14.6. The van der Waals surface area contributed by atoms with Crippen LogP contribution in [0.5, 0.6) is 0 Å². The van der Waals surface area contributed by atoms with Gasteiger partial charge in [-0.1, -0.05) is 29.0 Å². The lowest BCUT2D eigenvalue weighted by Crippen LogP contribution is -2.48. The maximum absolute atomic E-state index is 14.6. The van der Waals surface area contributed by atoms with Crippen molar-refractivity contribution in [2.45, 2.75) is 12.5 Å². The lowest BCUT2D eigenvalue weighted by Gasteiger charge is -2.32. The van der Waals surface area contributed by atoms with Crippen LogP contribution in [0.25, 0.3) is 6.08 Å². The maximum Gasteiger partial charge on any atom is 0.244 e. The van der Waals surface area contributed by atoms with E-state index in [9.17, 15) is 18.8 Å². The number of likely N-dealkylation sites (N-methyl/N-ethyl adjacent to an activating group) is 1. The largest absolute Gasteiger partial charge is 0.343 e. The third-order valence-electron chi connectivity index (χ3n) is 5.57. The highest BCUT2D eigenvalue weighted by Gasteiger charge is 2.23. The smallest absolute Gasteiger partial charge is 0.244 e. The Kier molecular flexibility index (Phi) is 8.98. The number of nitrogens with zero attached hydrogens (tertiary/aromatic N) is 4. The van der Waals surface area contributed by atoms with Gasteiger partial charge >= 0.3 is 0 Å². The third-order valence-corrected chi connectivity index (χ3v) is 5.86. The summed E-state index contributed by atoms with van der Waals surface area (Å²) >= 11 is 5.84. The van der Waals surface area contributed by atoms with Crippen LogP contribution in [-0.2, 0) is 20.8 Å². The Balaban J connectivity index is 1.72. The van der Waals surface area contributed by atoms with Crippen molar-refractivity contribution in [3.63, 3.8) is 0 Å². The molecular formula is C24H25ClFN7O3. The summed E-state index contributed by atoms with van der Waals surface area (Å²) in [5.74, 6) is -1.53. The highest BCUT2D eigenvalue weighted by molar-refractivity contribution is 6.31. The molecule has 10 nitrogen and oxygen atoms in total. The maximum atomic E-state index is 14.6. The molecule has 1 fully saturated rings. The van der Waals surface area contributed by atoms with Gasteiger partial charge in [0.2, 0.25) is 11.8 Å². The topological polar surface area (TPSA) is 133 Å². The van der Waals surface area contributed by atoms with Gasteiger partial charge < -0.3 is 15.0 Å². The normalized spacial score (nSPS) is 15.0. The van der Waals surface area contributed by atoms with Crippen LogP contribution in [0, 0.1) is 16.8 Å². The van der Waals surface area contributed by atoms with E-state index in [1.54, 1.807) is 17.0 Å². The molecule has 1 unspecified atom stereocenters. The molecule has 3 rings (SSSR count). The minimum absolute atomic E-state index is 0.0151. The summed E-state index contributed by atoms with van der Waals surface area (Å²) in [6.45, 7) is 1.63.